The molecule has 0 aromatic heterocycles. The molecule has 1 atom stereocenters. The number of nitrogens with two attached hydrogens (primary N) is 1. The Bertz CT molecular complexity index is 1090. The number of primary sulfonamides is 1. The van der Waals surface area contributed by atoms with Crippen molar-refractivity contribution in [1.29, 1.82) is 0 Å². The van der Waals surface area contributed by atoms with Gasteiger partial charge in [0.05, 0.1) is 15.4 Å². The Hall–Kier alpha value is -3.05. The molecule has 0 radical (unpaired) electrons. The molecule has 2 aromatic rings. The summed E-state index contributed by atoms with van der Waals surface area (Å²) in [5.74, 6) is -0.801. The quantitative estimate of drug-likeness (QED) is 0.525. The van der Waals surface area contributed by atoms with E-state index in [-0.39, 0.29) is 22.9 Å². The number of nitro benzene ring substituents is 1. The van der Waals surface area contributed by atoms with Crippen LogP contribution in [0, 0.1) is 28.8 Å². The second-order valence-corrected chi connectivity index (χ2v) is 8.77. The highest BCUT2D eigenvalue weighted by Crippen LogP contribution is 2.27. The van der Waals surface area contributed by atoms with Crippen LogP contribution in [0.4, 0.5) is 15.8 Å². The van der Waals surface area contributed by atoms with E-state index in [1.807, 2.05) is 0 Å². The van der Waals surface area contributed by atoms with E-state index in [1.165, 1.54) is 19.1 Å². The van der Waals surface area contributed by atoms with Crippen molar-refractivity contribution in [1.82, 2.24) is 5.32 Å². The van der Waals surface area contributed by atoms with Crippen LogP contribution in [0.25, 0.3) is 0 Å². The first-order valence-corrected chi connectivity index (χ1v) is 10.7. The molecule has 1 heterocycles. The van der Waals surface area contributed by atoms with Crippen molar-refractivity contribution in [3.05, 3.63) is 63.5 Å². The number of nitrogens with one attached hydrogen (secondary N) is 1. The van der Waals surface area contributed by atoms with Gasteiger partial charge in [-0.15, -0.1) is 0 Å². The van der Waals surface area contributed by atoms with E-state index < -0.39 is 31.4 Å². The van der Waals surface area contributed by atoms with Crippen molar-refractivity contribution < 1.29 is 22.5 Å². The number of benzene rings is 2. The Labute approximate surface area is 172 Å². The fraction of sp³-hybridized carbons (Fsp3) is 0.316. The molecule has 0 saturated carbocycles. The van der Waals surface area contributed by atoms with Crippen LogP contribution in [0.3, 0.4) is 0 Å². The van der Waals surface area contributed by atoms with Crippen molar-refractivity contribution in [3.8, 4) is 0 Å². The second-order valence-electron chi connectivity index (χ2n) is 7.20. The van der Waals surface area contributed by atoms with Crippen LogP contribution in [0.5, 0.6) is 0 Å². The van der Waals surface area contributed by atoms with E-state index in [0.29, 0.717) is 13.1 Å². The van der Waals surface area contributed by atoms with Gasteiger partial charge in [-0.3, -0.25) is 14.9 Å². The number of hydrogen-bond acceptors (Lipinski definition) is 6. The summed E-state index contributed by atoms with van der Waals surface area (Å²) in [6, 6.07) is 8.05. The zero-order valence-electron chi connectivity index (χ0n) is 16.2. The van der Waals surface area contributed by atoms with Crippen LogP contribution in [0.2, 0.25) is 0 Å². The first kappa shape index (κ1) is 21.7. The number of sulfonamides is 1. The van der Waals surface area contributed by atoms with Crippen molar-refractivity contribution in [3.63, 3.8) is 0 Å². The Morgan fingerprint density at radius 2 is 2.00 bits per heavy atom. The largest absolute Gasteiger partial charge is 0.371 e. The highest BCUT2D eigenvalue weighted by Gasteiger charge is 2.26. The minimum Gasteiger partial charge on any atom is -0.371 e. The monoisotopic (exact) mass is 436 g/mol. The van der Waals surface area contributed by atoms with E-state index in [2.05, 4.69) is 10.2 Å². The third-order valence-corrected chi connectivity index (χ3v) is 6.05. The normalized spacial score (nSPS) is 16.5. The van der Waals surface area contributed by atoms with Gasteiger partial charge in [0.15, 0.2) is 0 Å². The van der Waals surface area contributed by atoms with Gasteiger partial charge in [0.1, 0.15) is 5.82 Å². The predicted octanol–water partition coefficient (Wildman–Crippen LogP) is 1.95. The van der Waals surface area contributed by atoms with Crippen molar-refractivity contribution >= 4 is 27.3 Å². The third kappa shape index (κ3) is 4.74. The maximum atomic E-state index is 13.1. The summed E-state index contributed by atoms with van der Waals surface area (Å²) < 4.78 is 36.4. The van der Waals surface area contributed by atoms with E-state index in [1.54, 1.807) is 12.1 Å². The average Bonchev–Trinajstić information content (AvgIpc) is 3.14. The maximum Gasteiger partial charge on any atom is 0.274 e. The first-order chi connectivity index (χ1) is 14.1. The fourth-order valence-electron chi connectivity index (χ4n) is 3.48. The molecule has 2 aromatic carbocycles. The standard InChI is InChI=1S/C19H21FN4O5S/c1-12-17(8-16(30(21,28)29)9-18(12)24(26)27)19(25)22-10-13-6-7-23(11-13)15-4-2-14(20)3-5-15/h2-5,8-9,13H,6-7,10-11H2,1H3,(H,22,25)(H2,21,28,29). The number of nitro groups is 1. The molecule has 160 valence electrons. The summed E-state index contributed by atoms with van der Waals surface area (Å²) in [7, 11) is -4.22. The molecule has 30 heavy (non-hydrogen) atoms. The molecule has 1 aliphatic heterocycles. The predicted molar refractivity (Wildman–Crippen MR) is 108 cm³/mol. The average molecular weight is 436 g/mol. The van der Waals surface area contributed by atoms with Gasteiger partial charge in [0.2, 0.25) is 10.0 Å². The molecule has 0 bridgehead atoms. The van der Waals surface area contributed by atoms with Gasteiger partial charge < -0.3 is 10.2 Å². The van der Waals surface area contributed by atoms with Crippen molar-refractivity contribution in [2.45, 2.75) is 18.2 Å². The van der Waals surface area contributed by atoms with Crippen LogP contribution in [0.15, 0.2) is 41.3 Å². The Balaban J connectivity index is 1.71. The van der Waals surface area contributed by atoms with Crippen LogP contribution >= 0.6 is 0 Å². The zero-order valence-corrected chi connectivity index (χ0v) is 17.0. The van der Waals surface area contributed by atoms with Gasteiger partial charge in [-0.25, -0.2) is 17.9 Å². The summed E-state index contributed by atoms with van der Waals surface area (Å²) in [6.07, 6.45) is 0.800. The second kappa shape index (κ2) is 8.36. The molecule has 9 nitrogen and oxygen atoms in total. The van der Waals surface area contributed by atoms with Gasteiger partial charge >= 0.3 is 0 Å². The Morgan fingerprint density at radius 1 is 1.33 bits per heavy atom. The summed E-state index contributed by atoms with van der Waals surface area (Å²) in [5.41, 5.74) is 0.346. The molecule has 1 fully saturated rings. The molecular formula is C19H21FN4O5S. The minimum absolute atomic E-state index is 0.0595. The number of anilines is 1. The molecule has 0 spiro atoms. The summed E-state index contributed by atoms with van der Waals surface area (Å²) in [5, 5.41) is 19.1. The maximum absolute atomic E-state index is 13.1. The number of halogens is 1. The van der Waals surface area contributed by atoms with Gasteiger partial charge in [0, 0.05) is 37.0 Å². The molecule has 1 aliphatic rings. The number of nitrogens with zero attached hydrogens (tertiary/aromatic N) is 2. The van der Waals surface area contributed by atoms with E-state index >= 15 is 0 Å². The van der Waals surface area contributed by atoms with E-state index in [4.69, 9.17) is 5.14 Å². The van der Waals surface area contributed by atoms with Gasteiger partial charge in [-0.1, -0.05) is 0 Å². The molecular weight excluding hydrogens is 415 g/mol. The van der Waals surface area contributed by atoms with Crippen LogP contribution in [0.1, 0.15) is 22.3 Å². The first-order valence-electron chi connectivity index (χ1n) is 9.17. The van der Waals surface area contributed by atoms with E-state index in [0.717, 1.165) is 30.8 Å². The van der Waals surface area contributed by atoms with Crippen LogP contribution < -0.4 is 15.4 Å². The SMILES string of the molecule is Cc1c(C(=O)NCC2CCN(c3ccc(F)cc3)C2)cc(S(N)(=O)=O)cc1[N+](=O)[O-]. The molecule has 3 rings (SSSR count). The number of hydrogen-bond donors (Lipinski definition) is 2. The van der Waals surface area contributed by atoms with Crippen molar-refractivity contribution in [2.75, 3.05) is 24.5 Å². The lowest BCUT2D eigenvalue weighted by Crippen LogP contribution is -2.31. The molecule has 11 heteroatoms. The van der Waals surface area contributed by atoms with Gasteiger partial charge in [-0.05, 0) is 49.6 Å². The Morgan fingerprint density at radius 3 is 2.60 bits per heavy atom. The zero-order chi connectivity index (χ0) is 22.1. The fourth-order valence-corrected chi connectivity index (χ4v) is 4.04. The highest BCUT2D eigenvalue weighted by atomic mass is 32.2. The number of amides is 1. The Kier molecular flexibility index (Phi) is 6.04. The van der Waals surface area contributed by atoms with Crippen LogP contribution in [-0.4, -0.2) is 38.9 Å². The third-order valence-electron chi connectivity index (χ3n) is 5.15. The number of rotatable bonds is 6. The lowest BCUT2D eigenvalue weighted by Gasteiger charge is -2.19. The van der Waals surface area contributed by atoms with Crippen LogP contribution in [-0.2, 0) is 10.0 Å². The minimum atomic E-state index is -4.22. The molecule has 1 saturated heterocycles. The van der Waals surface area contributed by atoms with E-state index in [9.17, 15) is 27.7 Å². The highest BCUT2D eigenvalue weighted by molar-refractivity contribution is 7.89. The van der Waals surface area contributed by atoms with Gasteiger partial charge in [0.25, 0.3) is 11.6 Å². The molecule has 0 aliphatic carbocycles. The number of carbonyl (C=O) groups excluding carboxylic acids is 1. The number of carbonyl (C=O) groups is 1. The molecule has 3 N–H and O–H groups in total. The lowest BCUT2D eigenvalue weighted by atomic mass is 10.1. The lowest BCUT2D eigenvalue weighted by molar-refractivity contribution is -0.385. The molecule has 1 amide bonds. The van der Waals surface area contributed by atoms with Gasteiger partial charge in [-0.2, -0.15) is 0 Å². The molecule has 1 unspecified atom stereocenters. The van der Waals surface area contributed by atoms with Crippen molar-refractivity contribution in [2.24, 2.45) is 11.1 Å². The summed E-state index contributed by atoms with van der Waals surface area (Å²) in [6.45, 7) is 3.09. The summed E-state index contributed by atoms with van der Waals surface area (Å²) in [4.78, 5) is 24.7. The summed E-state index contributed by atoms with van der Waals surface area (Å²) >= 11 is 0. The smallest absolute Gasteiger partial charge is 0.274 e. The topological polar surface area (TPSA) is 136 Å².